The summed E-state index contributed by atoms with van der Waals surface area (Å²) in [5.74, 6) is 0.0275. The Bertz CT molecular complexity index is 1090. The minimum Gasteiger partial charge on any atom is -0.378 e. The number of hydrogen-bond donors (Lipinski definition) is 1. The fourth-order valence-corrected chi connectivity index (χ4v) is 6.08. The first-order chi connectivity index (χ1) is 17.7. The van der Waals surface area contributed by atoms with E-state index in [0.29, 0.717) is 44.2 Å². The lowest BCUT2D eigenvalue weighted by Gasteiger charge is -2.52. The van der Waals surface area contributed by atoms with E-state index in [1.165, 1.54) is 0 Å². The highest BCUT2D eigenvalue weighted by Gasteiger charge is 2.55. The summed E-state index contributed by atoms with van der Waals surface area (Å²) in [6, 6.07) is 9.22. The molecule has 202 valence electrons. The maximum absolute atomic E-state index is 13.7. The number of amides is 2. The van der Waals surface area contributed by atoms with Crippen LogP contribution in [-0.2, 0) is 20.9 Å². The van der Waals surface area contributed by atoms with Gasteiger partial charge < -0.3 is 15.0 Å². The third-order valence-electron chi connectivity index (χ3n) is 7.94. The number of methoxy groups -OCH3 is 1. The van der Waals surface area contributed by atoms with Crippen LogP contribution in [0.3, 0.4) is 0 Å². The Balaban J connectivity index is 1.51. The summed E-state index contributed by atoms with van der Waals surface area (Å²) < 4.78 is 7.42. The number of halogens is 1. The number of unbranched alkanes of at least 4 members (excludes halogenated alkanes) is 1. The van der Waals surface area contributed by atoms with Crippen LogP contribution in [0.4, 0.5) is 0 Å². The van der Waals surface area contributed by atoms with Crippen molar-refractivity contribution >= 4 is 23.4 Å². The van der Waals surface area contributed by atoms with Gasteiger partial charge in [-0.25, -0.2) is 4.68 Å². The normalized spacial score (nSPS) is 21.1. The van der Waals surface area contributed by atoms with E-state index >= 15 is 0 Å². The number of aromatic nitrogens is 2. The van der Waals surface area contributed by atoms with Gasteiger partial charge in [0.15, 0.2) is 0 Å². The van der Waals surface area contributed by atoms with Crippen molar-refractivity contribution in [3.8, 4) is 5.69 Å². The zero-order chi connectivity index (χ0) is 26.7. The molecule has 3 heterocycles. The molecule has 0 radical (unpaired) electrons. The molecule has 9 heteroatoms. The highest BCUT2D eigenvalue weighted by Crippen LogP contribution is 2.36. The standard InChI is InChI=1S/C28H40ClN5O3/c1-6-7-15-33-26(35)23(24(37-5)19(2)3)30-27(36)28(33)13-16-32(17-14-28)18-22-20(4)31-34(25(22)29)21-11-9-8-10-12-21/h8-12,19,23-24H,6-7,13-18H2,1-5H3,(H,30,36)/t23-,24-/m1/s1. The second kappa shape index (κ2) is 11.5. The topological polar surface area (TPSA) is 79.7 Å². The smallest absolute Gasteiger partial charge is 0.248 e. The van der Waals surface area contributed by atoms with Gasteiger partial charge in [0, 0.05) is 38.9 Å². The SMILES string of the molecule is CCCCN1C(=O)[C@@H]([C@H](OC)C(C)C)NC(=O)C12CCN(Cc1c(C)nn(-c3ccccc3)c1Cl)CC2. The zero-order valence-corrected chi connectivity index (χ0v) is 23.4. The first-order valence-corrected chi connectivity index (χ1v) is 13.8. The molecule has 1 N–H and O–H groups in total. The van der Waals surface area contributed by atoms with Gasteiger partial charge in [0.05, 0.1) is 17.5 Å². The van der Waals surface area contributed by atoms with Gasteiger partial charge >= 0.3 is 0 Å². The molecule has 1 spiro atoms. The molecular formula is C28H40ClN5O3. The van der Waals surface area contributed by atoms with Gasteiger partial charge in [-0.2, -0.15) is 5.10 Å². The lowest BCUT2D eigenvalue weighted by atomic mass is 9.80. The molecule has 0 aliphatic carbocycles. The van der Waals surface area contributed by atoms with E-state index in [0.717, 1.165) is 29.8 Å². The highest BCUT2D eigenvalue weighted by molar-refractivity contribution is 6.30. The second-order valence-corrected chi connectivity index (χ2v) is 11.0. The van der Waals surface area contributed by atoms with Crippen molar-refractivity contribution in [2.24, 2.45) is 5.92 Å². The van der Waals surface area contributed by atoms with Crippen LogP contribution in [0.15, 0.2) is 30.3 Å². The van der Waals surface area contributed by atoms with Gasteiger partial charge in [-0.05, 0) is 44.2 Å². The molecule has 1 aromatic heterocycles. The lowest BCUT2D eigenvalue weighted by molar-refractivity contribution is -0.166. The summed E-state index contributed by atoms with van der Waals surface area (Å²) >= 11 is 6.78. The molecule has 0 saturated carbocycles. The summed E-state index contributed by atoms with van der Waals surface area (Å²) in [7, 11) is 1.61. The van der Waals surface area contributed by atoms with Crippen molar-refractivity contribution in [2.45, 2.75) is 77.6 Å². The summed E-state index contributed by atoms with van der Waals surface area (Å²) in [5, 5.41) is 8.35. The zero-order valence-electron chi connectivity index (χ0n) is 22.7. The molecule has 0 bridgehead atoms. The van der Waals surface area contributed by atoms with Crippen LogP contribution in [0.5, 0.6) is 0 Å². The maximum atomic E-state index is 13.7. The average Bonchev–Trinajstić information content (AvgIpc) is 3.17. The fourth-order valence-electron chi connectivity index (χ4n) is 5.75. The van der Waals surface area contributed by atoms with Crippen LogP contribution < -0.4 is 5.32 Å². The number of ether oxygens (including phenoxy) is 1. The van der Waals surface area contributed by atoms with E-state index in [9.17, 15) is 9.59 Å². The van der Waals surface area contributed by atoms with E-state index in [1.807, 2.05) is 56.0 Å². The largest absolute Gasteiger partial charge is 0.378 e. The number of piperazine rings is 1. The van der Waals surface area contributed by atoms with Gasteiger partial charge in [0.2, 0.25) is 11.8 Å². The third kappa shape index (κ3) is 5.29. The van der Waals surface area contributed by atoms with Crippen LogP contribution in [0.25, 0.3) is 5.69 Å². The predicted octanol–water partition coefficient (Wildman–Crippen LogP) is 3.97. The van der Waals surface area contributed by atoms with Crippen LogP contribution in [0, 0.1) is 12.8 Å². The second-order valence-electron chi connectivity index (χ2n) is 10.6. The van der Waals surface area contributed by atoms with Gasteiger partial charge in [-0.15, -0.1) is 0 Å². The molecule has 2 aliphatic heterocycles. The Hall–Kier alpha value is -2.42. The van der Waals surface area contributed by atoms with E-state index < -0.39 is 11.6 Å². The number of carbonyl (C=O) groups excluding carboxylic acids is 2. The van der Waals surface area contributed by atoms with Gasteiger partial charge in [-0.1, -0.05) is 57.0 Å². The number of nitrogens with one attached hydrogen (secondary N) is 1. The highest BCUT2D eigenvalue weighted by atomic mass is 35.5. The van der Waals surface area contributed by atoms with Gasteiger partial charge in [0.1, 0.15) is 16.7 Å². The lowest BCUT2D eigenvalue weighted by Crippen LogP contribution is -2.75. The third-order valence-corrected chi connectivity index (χ3v) is 8.33. The summed E-state index contributed by atoms with van der Waals surface area (Å²) in [4.78, 5) is 31.6. The number of piperidine rings is 1. The Labute approximate surface area is 225 Å². The summed E-state index contributed by atoms with van der Waals surface area (Å²) in [5.41, 5.74) is 2.00. The number of rotatable bonds is 9. The molecule has 2 saturated heterocycles. The molecule has 8 nitrogen and oxygen atoms in total. The molecule has 2 atom stereocenters. The van der Waals surface area contributed by atoms with Crippen molar-refractivity contribution < 1.29 is 14.3 Å². The number of para-hydroxylation sites is 1. The van der Waals surface area contributed by atoms with Crippen LogP contribution >= 0.6 is 11.6 Å². The van der Waals surface area contributed by atoms with Crippen molar-refractivity contribution in [1.82, 2.24) is 24.9 Å². The Morgan fingerprint density at radius 1 is 1.19 bits per heavy atom. The number of hydrogen-bond acceptors (Lipinski definition) is 5. The van der Waals surface area contributed by atoms with Crippen LogP contribution in [-0.4, -0.2) is 75.8 Å². The molecule has 2 aromatic rings. The number of nitrogens with zero attached hydrogens (tertiary/aromatic N) is 4. The Kier molecular flexibility index (Phi) is 8.61. The quantitative estimate of drug-likeness (QED) is 0.532. The van der Waals surface area contributed by atoms with E-state index in [-0.39, 0.29) is 23.8 Å². The minimum absolute atomic E-state index is 0.0231. The van der Waals surface area contributed by atoms with Crippen molar-refractivity contribution in [1.29, 1.82) is 0 Å². The number of carbonyl (C=O) groups is 2. The molecular weight excluding hydrogens is 490 g/mol. The Morgan fingerprint density at radius 2 is 1.86 bits per heavy atom. The fraction of sp³-hybridized carbons (Fsp3) is 0.607. The molecule has 2 fully saturated rings. The van der Waals surface area contributed by atoms with Crippen molar-refractivity contribution in [3.63, 3.8) is 0 Å². The molecule has 2 aliphatic rings. The Morgan fingerprint density at radius 3 is 2.46 bits per heavy atom. The van der Waals surface area contributed by atoms with Gasteiger partial charge in [-0.3, -0.25) is 14.5 Å². The van der Waals surface area contributed by atoms with E-state index in [2.05, 4.69) is 22.2 Å². The van der Waals surface area contributed by atoms with Crippen molar-refractivity contribution in [2.75, 3.05) is 26.7 Å². The first kappa shape index (κ1) is 27.6. The number of likely N-dealkylation sites (tertiary alicyclic amines) is 1. The molecule has 1 aromatic carbocycles. The molecule has 37 heavy (non-hydrogen) atoms. The predicted molar refractivity (Wildman–Crippen MR) is 145 cm³/mol. The minimum atomic E-state index is -0.818. The van der Waals surface area contributed by atoms with Crippen LogP contribution in [0.2, 0.25) is 5.15 Å². The summed E-state index contributed by atoms with van der Waals surface area (Å²) in [6.45, 7) is 10.7. The van der Waals surface area contributed by atoms with E-state index in [4.69, 9.17) is 16.3 Å². The first-order valence-electron chi connectivity index (χ1n) is 13.4. The monoisotopic (exact) mass is 529 g/mol. The number of benzene rings is 1. The maximum Gasteiger partial charge on any atom is 0.248 e. The molecule has 0 unspecified atom stereocenters. The van der Waals surface area contributed by atoms with Crippen molar-refractivity contribution in [3.05, 3.63) is 46.7 Å². The number of aryl methyl sites for hydroxylation is 1. The average molecular weight is 530 g/mol. The van der Waals surface area contributed by atoms with Crippen LogP contribution in [0.1, 0.15) is 57.7 Å². The molecule has 2 amide bonds. The molecule has 4 rings (SSSR count). The van der Waals surface area contributed by atoms with Gasteiger partial charge in [0.25, 0.3) is 0 Å². The summed E-state index contributed by atoms with van der Waals surface area (Å²) in [6.07, 6.45) is 2.64. The van der Waals surface area contributed by atoms with E-state index in [1.54, 1.807) is 11.8 Å².